The van der Waals surface area contributed by atoms with E-state index in [4.69, 9.17) is 9.84 Å². The Morgan fingerprint density at radius 2 is 1.70 bits per heavy atom. The maximum absolute atomic E-state index is 11.4. The Morgan fingerprint density at radius 3 is 2.37 bits per heavy atom. The van der Waals surface area contributed by atoms with Gasteiger partial charge in [0.2, 0.25) is 0 Å². The normalized spacial score (nSPS) is 12.0. The first-order valence-corrected chi connectivity index (χ1v) is 10.3. The molecule has 0 bridgehead atoms. The molecule has 6 nitrogen and oxygen atoms in total. The molecule has 2 aromatic carbocycles. The average molecular weight is 414 g/mol. The van der Waals surface area contributed by atoms with E-state index in [-0.39, 0.29) is 11.1 Å². The SMILES string of the molecule is CC(C)CCCCNCc1cccc(OC(C)c2ccc(C(=O)O)c(C(=O)O)c2)c1. The zero-order valence-corrected chi connectivity index (χ0v) is 17.9. The fourth-order valence-electron chi connectivity index (χ4n) is 3.21. The third kappa shape index (κ3) is 7.19. The smallest absolute Gasteiger partial charge is 0.336 e. The molecule has 0 amide bonds. The number of carbonyl (C=O) groups is 2. The van der Waals surface area contributed by atoms with Crippen LogP contribution in [0.1, 0.15) is 78.0 Å². The molecule has 0 aliphatic heterocycles. The fraction of sp³-hybridized carbons (Fsp3) is 0.417. The number of carboxylic acids is 2. The first kappa shape index (κ1) is 23.4. The summed E-state index contributed by atoms with van der Waals surface area (Å²) in [7, 11) is 0. The molecule has 0 aliphatic carbocycles. The highest BCUT2D eigenvalue weighted by Crippen LogP contribution is 2.25. The molecular formula is C24H31NO5. The van der Waals surface area contributed by atoms with Gasteiger partial charge in [0.1, 0.15) is 11.9 Å². The van der Waals surface area contributed by atoms with Crippen LogP contribution in [0.5, 0.6) is 5.75 Å². The Hall–Kier alpha value is -2.86. The second-order valence-electron chi connectivity index (χ2n) is 7.89. The van der Waals surface area contributed by atoms with Crippen molar-refractivity contribution >= 4 is 11.9 Å². The molecule has 3 N–H and O–H groups in total. The lowest BCUT2D eigenvalue weighted by molar-refractivity contribution is 0.0651. The standard InChI is InChI=1S/C24H31NO5/c1-16(2)7-4-5-12-25-15-18-8-6-9-20(13-18)30-17(3)19-10-11-21(23(26)27)22(14-19)24(28)29/h6,8-11,13-14,16-17,25H,4-5,7,12,15H2,1-3H3,(H,26,27)(H,28,29). The molecule has 162 valence electrons. The van der Waals surface area contributed by atoms with Crippen molar-refractivity contribution in [2.45, 2.75) is 52.7 Å². The van der Waals surface area contributed by atoms with E-state index in [0.717, 1.165) is 31.0 Å². The zero-order chi connectivity index (χ0) is 22.1. The number of aromatic carboxylic acids is 2. The fourth-order valence-corrected chi connectivity index (χ4v) is 3.21. The van der Waals surface area contributed by atoms with Gasteiger partial charge in [-0.15, -0.1) is 0 Å². The van der Waals surface area contributed by atoms with Crippen LogP contribution < -0.4 is 10.1 Å². The van der Waals surface area contributed by atoms with Crippen LogP contribution in [0, 0.1) is 5.92 Å². The van der Waals surface area contributed by atoms with Gasteiger partial charge in [-0.1, -0.05) is 44.9 Å². The number of rotatable bonds is 12. The number of nitrogens with one attached hydrogen (secondary N) is 1. The molecule has 0 aliphatic rings. The van der Waals surface area contributed by atoms with Gasteiger partial charge < -0.3 is 20.3 Å². The molecule has 0 spiro atoms. The molecule has 30 heavy (non-hydrogen) atoms. The van der Waals surface area contributed by atoms with Gasteiger partial charge in [-0.2, -0.15) is 0 Å². The largest absolute Gasteiger partial charge is 0.486 e. The van der Waals surface area contributed by atoms with Gasteiger partial charge in [-0.05, 0) is 61.2 Å². The maximum atomic E-state index is 11.4. The monoisotopic (exact) mass is 413 g/mol. The second kappa shape index (κ2) is 11.4. The molecule has 1 atom stereocenters. The molecule has 0 fully saturated rings. The van der Waals surface area contributed by atoms with Gasteiger partial charge in [-0.25, -0.2) is 9.59 Å². The van der Waals surface area contributed by atoms with Gasteiger partial charge in [0.25, 0.3) is 0 Å². The van der Waals surface area contributed by atoms with Crippen molar-refractivity contribution in [3.05, 3.63) is 64.7 Å². The number of hydrogen-bond acceptors (Lipinski definition) is 4. The van der Waals surface area contributed by atoms with Crippen LogP contribution in [0.25, 0.3) is 0 Å². The van der Waals surface area contributed by atoms with E-state index in [0.29, 0.717) is 11.3 Å². The Morgan fingerprint density at radius 1 is 0.967 bits per heavy atom. The zero-order valence-electron chi connectivity index (χ0n) is 17.9. The summed E-state index contributed by atoms with van der Waals surface area (Å²) in [5, 5.41) is 21.9. The quantitative estimate of drug-likeness (QED) is 0.417. The Kier molecular flexibility index (Phi) is 8.87. The third-order valence-corrected chi connectivity index (χ3v) is 4.90. The van der Waals surface area contributed by atoms with Crippen molar-refractivity contribution in [3.63, 3.8) is 0 Å². The van der Waals surface area contributed by atoms with Crippen molar-refractivity contribution < 1.29 is 24.5 Å². The Bertz CT molecular complexity index is 862. The molecular weight excluding hydrogens is 382 g/mol. The lowest BCUT2D eigenvalue weighted by Crippen LogP contribution is -2.15. The molecule has 0 saturated carbocycles. The number of benzene rings is 2. The highest BCUT2D eigenvalue weighted by molar-refractivity contribution is 6.01. The lowest BCUT2D eigenvalue weighted by Gasteiger charge is -2.17. The predicted octanol–water partition coefficient (Wildman–Crippen LogP) is 5.14. The number of ether oxygens (including phenoxy) is 1. The van der Waals surface area contributed by atoms with Crippen LogP contribution in [0.3, 0.4) is 0 Å². The minimum absolute atomic E-state index is 0.236. The van der Waals surface area contributed by atoms with E-state index >= 15 is 0 Å². The van der Waals surface area contributed by atoms with Gasteiger partial charge in [0, 0.05) is 6.54 Å². The molecule has 0 radical (unpaired) electrons. The molecule has 2 rings (SSSR count). The highest BCUT2D eigenvalue weighted by Gasteiger charge is 2.18. The maximum Gasteiger partial charge on any atom is 0.336 e. The van der Waals surface area contributed by atoms with Gasteiger partial charge in [-0.3, -0.25) is 0 Å². The van der Waals surface area contributed by atoms with Crippen molar-refractivity contribution in [3.8, 4) is 5.75 Å². The van der Waals surface area contributed by atoms with Crippen molar-refractivity contribution in [1.82, 2.24) is 5.32 Å². The number of carboxylic acid groups (broad SMARTS) is 2. The molecule has 1 unspecified atom stereocenters. The van der Waals surface area contributed by atoms with Crippen molar-refractivity contribution in [2.75, 3.05) is 6.54 Å². The lowest BCUT2D eigenvalue weighted by atomic mass is 10.0. The summed E-state index contributed by atoms with van der Waals surface area (Å²) in [4.78, 5) is 22.6. The summed E-state index contributed by atoms with van der Waals surface area (Å²) in [6, 6.07) is 12.0. The molecule has 0 heterocycles. The van der Waals surface area contributed by atoms with Crippen LogP contribution in [-0.4, -0.2) is 28.7 Å². The number of unbranched alkanes of at least 4 members (excludes halogenated alkanes) is 1. The minimum Gasteiger partial charge on any atom is -0.486 e. The summed E-state index contributed by atoms with van der Waals surface area (Å²) in [6.07, 6.45) is 3.21. The minimum atomic E-state index is -1.28. The summed E-state index contributed by atoms with van der Waals surface area (Å²) in [6.45, 7) is 8.01. The van der Waals surface area contributed by atoms with E-state index in [9.17, 15) is 14.7 Å². The summed E-state index contributed by atoms with van der Waals surface area (Å²) >= 11 is 0. The third-order valence-electron chi connectivity index (χ3n) is 4.90. The highest BCUT2D eigenvalue weighted by atomic mass is 16.5. The van der Waals surface area contributed by atoms with Gasteiger partial charge in [0.05, 0.1) is 11.1 Å². The topological polar surface area (TPSA) is 95.9 Å². The number of hydrogen-bond donors (Lipinski definition) is 3. The predicted molar refractivity (Wildman–Crippen MR) is 116 cm³/mol. The Balaban J connectivity index is 1.96. The van der Waals surface area contributed by atoms with Gasteiger partial charge in [0.15, 0.2) is 0 Å². The van der Waals surface area contributed by atoms with E-state index < -0.39 is 18.0 Å². The van der Waals surface area contributed by atoms with E-state index in [1.54, 1.807) is 13.0 Å². The molecule has 6 heteroatoms. The van der Waals surface area contributed by atoms with E-state index in [2.05, 4.69) is 19.2 Å². The van der Waals surface area contributed by atoms with Crippen LogP contribution in [-0.2, 0) is 6.54 Å². The van der Waals surface area contributed by atoms with E-state index in [1.165, 1.54) is 25.0 Å². The molecule has 0 saturated heterocycles. The van der Waals surface area contributed by atoms with Crippen LogP contribution in [0.4, 0.5) is 0 Å². The van der Waals surface area contributed by atoms with Crippen molar-refractivity contribution in [2.24, 2.45) is 5.92 Å². The first-order chi connectivity index (χ1) is 14.3. The first-order valence-electron chi connectivity index (χ1n) is 10.3. The summed E-state index contributed by atoms with van der Waals surface area (Å²) < 4.78 is 5.98. The van der Waals surface area contributed by atoms with E-state index in [1.807, 2.05) is 24.3 Å². The van der Waals surface area contributed by atoms with Crippen LogP contribution >= 0.6 is 0 Å². The molecule has 0 aromatic heterocycles. The molecule has 2 aromatic rings. The Labute approximate surface area is 177 Å². The van der Waals surface area contributed by atoms with Crippen LogP contribution in [0.2, 0.25) is 0 Å². The van der Waals surface area contributed by atoms with Gasteiger partial charge >= 0.3 is 11.9 Å². The summed E-state index contributed by atoms with van der Waals surface area (Å²) in [5.74, 6) is -1.12. The van der Waals surface area contributed by atoms with Crippen molar-refractivity contribution in [1.29, 1.82) is 0 Å². The second-order valence-corrected chi connectivity index (χ2v) is 7.89. The summed E-state index contributed by atoms with van der Waals surface area (Å²) in [5.41, 5.74) is 1.23. The average Bonchev–Trinajstić information content (AvgIpc) is 2.70. The van der Waals surface area contributed by atoms with Crippen LogP contribution in [0.15, 0.2) is 42.5 Å².